The van der Waals surface area contributed by atoms with Gasteiger partial charge in [0.25, 0.3) is 0 Å². The smallest absolute Gasteiger partial charge is 0.387 e. The summed E-state index contributed by atoms with van der Waals surface area (Å²) >= 11 is 0. The van der Waals surface area contributed by atoms with Gasteiger partial charge in [-0.2, -0.15) is 14.0 Å². The van der Waals surface area contributed by atoms with Crippen LogP contribution in [-0.4, -0.2) is 29.6 Å². The Morgan fingerprint density at radius 2 is 2.00 bits per heavy atom. The molecule has 7 heteroatoms. The Morgan fingerprint density at radius 3 is 2.67 bits per heavy atom. The number of anilines is 1. The monoisotopic (exact) mass is 372 g/mol. The van der Waals surface area contributed by atoms with Gasteiger partial charge in [-0.15, -0.1) is 0 Å². The zero-order chi connectivity index (χ0) is 19.4. The number of aromatic nitrogens is 1. The summed E-state index contributed by atoms with van der Waals surface area (Å²) in [6.45, 7) is 3.83. The molecule has 2 aromatic rings. The maximum Gasteiger partial charge on any atom is 0.387 e. The second-order valence-corrected chi connectivity index (χ2v) is 6.62. The molecule has 0 bridgehead atoms. The van der Waals surface area contributed by atoms with Gasteiger partial charge in [0, 0.05) is 30.9 Å². The fraction of sp³-hybridized carbons (Fsp3) is 0.400. The van der Waals surface area contributed by atoms with Crippen LogP contribution in [0, 0.1) is 25.2 Å². The summed E-state index contributed by atoms with van der Waals surface area (Å²) in [5.41, 5.74) is 5.67. The number of hydrogen-bond donors (Lipinski definition) is 1. The Bertz CT molecular complexity index is 847. The fourth-order valence-electron chi connectivity index (χ4n) is 3.43. The minimum atomic E-state index is -2.81. The van der Waals surface area contributed by atoms with Crippen molar-refractivity contribution in [2.24, 2.45) is 0 Å². The first-order chi connectivity index (χ1) is 13.0. The van der Waals surface area contributed by atoms with Gasteiger partial charge in [-0.1, -0.05) is 12.1 Å². The number of nitrogens with one attached hydrogen (secondary N) is 1. The van der Waals surface area contributed by atoms with Crippen molar-refractivity contribution in [2.75, 3.05) is 18.4 Å². The molecule has 0 radical (unpaired) electrons. The molecule has 0 fully saturated rings. The average molecular weight is 372 g/mol. The molecule has 1 aliphatic rings. The van der Waals surface area contributed by atoms with Crippen LogP contribution in [0.5, 0.6) is 5.75 Å². The molecule has 0 spiro atoms. The summed E-state index contributed by atoms with van der Waals surface area (Å²) in [6.07, 6.45) is 0.915. The van der Waals surface area contributed by atoms with Gasteiger partial charge in [0.1, 0.15) is 18.1 Å². The molecule has 3 rings (SSSR count). The molecule has 2 heterocycles. The van der Waals surface area contributed by atoms with E-state index >= 15 is 0 Å². The lowest BCUT2D eigenvalue weighted by Gasteiger charge is -2.31. The highest BCUT2D eigenvalue weighted by Crippen LogP contribution is 2.30. The van der Waals surface area contributed by atoms with Gasteiger partial charge >= 0.3 is 6.61 Å². The molecular weight excluding hydrogens is 350 g/mol. The van der Waals surface area contributed by atoms with E-state index in [4.69, 9.17) is 5.26 Å². The fourth-order valence-corrected chi connectivity index (χ4v) is 3.43. The van der Waals surface area contributed by atoms with Crippen molar-refractivity contribution in [3.05, 3.63) is 52.2 Å². The molecule has 0 saturated carbocycles. The molecular formula is C20H22F2N4O. The normalized spacial score (nSPS) is 13.9. The minimum Gasteiger partial charge on any atom is -0.435 e. The maximum absolute atomic E-state index is 12.3. The highest BCUT2D eigenvalue weighted by molar-refractivity contribution is 5.54. The molecule has 0 amide bonds. The Labute approximate surface area is 157 Å². The first-order valence-electron chi connectivity index (χ1n) is 8.83. The minimum absolute atomic E-state index is 0.163. The van der Waals surface area contributed by atoms with E-state index in [0.717, 1.165) is 42.1 Å². The van der Waals surface area contributed by atoms with Crippen LogP contribution in [0.15, 0.2) is 24.3 Å². The number of nitriles is 1. The van der Waals surface area contributed by atoms with E-state index in [1.54, 1.807) is 24.3 Å². The van der Waals surface area contributed by atoms with E-state index in [2.05, 4.69) is 32.9 Å². The van der Waals surface area contributed by atoms with E-state index in [1.165, 1.54) is 11.1 Å². The summed E-state index contributed by atoms with van der Waals surface area (Å²) in [5, 5.41) is 12.0. The first-order valence-corrected chi connectivity index (χ1v) is 8.83. The number of halogens is 2. The van der Waals surface area contributed by atoms with Crippen molar-refractivity contribution in [2.45, 2.75) is 40.0 Å². The first kappa shape index (κ1) is 19.1. The number of aryl methyl sites for hydroxylation is 1. The second kappa shape index (κ2) is 8.31. The summed E-state index contributed by atoms with van der Waals surface area (Å²) in [7, 11) is 0. The van der Waals surface area contributed by atoms with Crippen LogP contribution in [0.25, 0.3) is 0 Å². The quantitative estimate of drug-likeness (QED) is 0.782. The van der Waals surface area contributed by atoms with Crippen molar-refractivity contribution < 1.29 is 13.5 Å². The lowest BCUT2D eigenvalue weighted by atomic mass is 9.94. The summed E-state index contributed by atoms with van der Waals surface area (Å²) < 4.78 is 28.9. The average Bonchev–Trinajstić information content (AvgIpc) is 2.65. The zero-order valence-corrected chi connectivity index (χ0v) is 15.4. The maximum atomic E-state index is 12.3. The SMILES string of the molecule is Cc1nc(NCC#N)c2c(c1C)CCN(Cc1ccc(OC(F)F)cc1)C2. The van der Waals surface area contributed by atoms with E-state index in [0.29, 0.717) is 6.54 Å². The Morgan fingerprint density at radius 1 is 1.26 bits per heavy atom. The number of hydrogen-bond acceptors (Lipinski definition) is 5. The van der Waals surface area contributed by atoms with E-state index in [-0.39, 0.29) is 12.3 Å². The Balaban J connectivity index is 1.75. The van der Waals surface area contributed by atoms with Gasteiger partial charge in [0.05, 0.1) is 6.07 Å². The Hall–Kier alpha value is -2.72. The number of nitrogens with zero attached hydrogens (tertiary/aromatic N) is 3. The summed E-state index contributed by atoms with van der Waals surface area (Å²) in [6, 6.07) is 8.84. The van der Waals surface area contributed by atoms with Crippen LogP contribution in [-0.2, 0) is 19.5 Å². The molecule has 142 valence electrons. The van der Waals surface area contributed by atoms with Gasteiger partial charge < -0.3 is 10.1 Å². The molecule has 0 atom stereocenters. The molecule has 5 nitrogen and oxygen atoms in total. The summed E-state index contributed by atoms with van der Waals surface area (Å²) in [4.78, 5) is 6.92. The third-order valence-electron chi connectivity index (χ3n) is 4.87. The van der Waals surface area contributed by atoms with Crippen molar-refractivity contribution >= 4 is 5.82 Å². The van der Waals surface area contributed by atoms with Crippen LogP contribution in [0.4, 0.5) is 14.6 Å². The van der Waals surface area contributed by atoms with Crippen molar-refractivity contribution in [1.29, 1.82) is 5.26 Å². The largest absolute Gasteiger partial charge is 0.435 e. The van der Waals surface area contributed by atoms with Gasteiger partial charge in [-0.05, 0) is 49.1 Å². The second-order valence-electron chi connectivity index (χ2n) is 6.62. The van der Waals surface area contributed by atoms with Crippen LogP contribution in [0.3, 0.4) is 0 Å². The zero-order valence-electron chi connectivity index (χ0n) is 15.4. The van der Waals surface area contributed by atoms with Crippen molar-refractivity contribution in [3.8, 4) is 11.8 Å². The number of rotatable bonds is 6. The number of pyridine rings is 1. The van der Waals surface area contributed by atoms with Gasteiger partial charge in [0.2, 0.25) is 0 Å². The lowest BCUT2D eigenvalue weighted by molar-refractivity contribution is -0.0498. The molecule has 1 aromatic heterocycles. The molecule has 0 saturated heterocycles. The van der Waals surface area contributed by atoms with Crippen LogP contribution < -0.4 is 10.1 Å². The number of alkyl halides is 2. The standard InChI is InChI=1S/C20H22F2N4O/c1-13-14(2)25-19(24-9-8-23)18-12-26(10-7-17(13)18)11-15-3-5-16(6-4-15)27-20(21)22/h3-6,20H,7,9-12H2,1-2H3,(H,24,25). The molecule has 1 aliphatic heterocycles. The van der Waals surface area contributed by atoms with Crippen molar-refractivity contribution in [3.63, 3.8) is 0 Å². The van der Waals surface area contributed by atoms with Gasteiger partial charge in [-0.3, -0.25) is 4.90 Å². The molecule has 1 aromatic carbocycles. The van der Waals surface area contributed by atoms with E-state index in [9.17, 15) is 8.78 Å². The van der Waals surface area contributed by atoms with E-state index < -0.39 is 6.61 Å². The topological polar surface area (TPSA) is 61.2 Å². The van der Waals surface area contributed by atoms with Crippen LogP contribution in [0.1, 0.15) is 27.9 Å². The summed E-state index contributed by atoms with van der Waals surface area (Å²) in [5.74, 6) is 0.941. The number of benzene rings is 1. The molecule has 0 unspecified atom stereocenters. The van der Waals surface area contributed by atoms with E-state index in [1.807, 2.05) is 6.92 Å². The lowest BCUT2D eigenvalue weighted by Crippen LogP contribution is -2.32. The third kappa shape index (κ3) is 4.52. The van der Waals surface area contributed by atoms with Crippen molar-refractivity contribution in [1.82, 2.24) is 9.88 Å². The van der Waals surface area contributed by atoms with Gasteiger partial charge in [0.15, 0.2) is 0 Å². The predicted octanol–water partition coefficient (Wildman–Crippen LogP) is 3.79. The van der Waals surface area contributed by atoms with Crippen LogP contribution in [0.2, 0.25) is 0 Å². The van der Waals surface area contributed by atoms with Gasteiger partial charge in [-0.25, -0.2) is 4.98 Å². The highest BCUT2D eigenvalue weighted by Gasteiger charge is 2.23. The number of ether oxygens (including phenoxy) is 1. The highest BCUT2D eigenvalue weighted by atomic mass is 19.3. The Kier molecular flexibility index (Phi) is 5.87. The molecule has 27 heavy (non-hydrogen) atoms. The predicted molar refractivity (Wildman–Crippen MR) is 98.7 cm³/mol. The third-order valence-corrected chi connectivity index (χ3v) is 4.87. The molecule has 1 N–H and O–H groups in total. The van der Waals surface area contributed by atoms with Crippen LogP contribution >= 0.6 is 0 Å². The molecule has 0 aliphatic carbocycles. The number of fused-ring (bicyclic) bond motifs is 1.